The average Bonchev–Trinajstić information content (AvgIpc) is 2.56. The number of hydrogen-bond donors (Lipinski definition) is 2. The summed E-state index contributed by atoms with van der Waals surface area (Å²) in [4.78, 5) is 34.1. The van der Waals surface area contributed by atoms with Crippen LogP contribution in [0.1, 0.15) is 12.5 Å². The van der Waals surface area contributed by atoms with E-state index >= 15 is 0 Å². The maximum atomic E-state index is 12.2. The first-order chi connectivity index (χ1) is 11.5. The lowest BCUT2D eigenvalue weighted by molar-refractivity contribution is -0.385. The molecule has 1 aromatic carbocycles. The summed E-state index contributed by atoms with van der Waals surface area (Å²) in [6.45, 7) is 3.08. The highest BCUT2D eigenvalue weighted by atomic mass is 16.6. The van der Waals surface area contributed by atoms with E-state index in [1.807, 2.05) is 19.1 Å². The van der Waals surface area contributed by atoms with E-state index in [-0.39, 0.29) is 12.2 Å². The van der Waals surface area contributed by atoms with Crippen molar-refractivity contribution >= 4 is 17.3 Å². The van der Waals surface area contributed by atoms with Crippen LogP contribution >= 0.6 is 0 Å². The molecule has 2 N–H and O–H groups in total. The van der Waals surface area contributed by atoms with Crippen molar-refractivity contribution in [1.82, 2.24) is 9.88 Å². The van der Waals surface area contributed by atoms with Gasteiger partial charge in [0.2, 0.25) is 5.91 Å². The lowest BCUT2D eigenvalue weighted by Crippen LogP contribution is -2.27. The number of nitro groups is 1. The molecule has 2 aromatic rings. The topological polar surface area (TPSA) is 106 Å². The molecule has 126 valence electrons. The van der Waals surface area contributed by atoms with Crippen LogP contribution in [0.4, 0.5) is 11.4 Å². The van der Waals surface area contributed by atoms with Gasteiger partial charge in [-0.2, -0.15) is 0 Å². The van der Waals surface area contributed by atoms with Crippen LogP contribution in [0.15, 0.2) is 47.4 Å². The van der Waals surface area contributed by atoms with Gasteiger partial charge in [-0.15, -0.1) is 0 Å². The van der Waals surface area contributed by atoms with Crippen molar-refractivity contribution < 1.29 is 9.72 Å². The number of amides is 1. The van der Waals surface area contributed by atoms with E-state index in [9.17, 15) is 19.7 Å². The largest absolute Gasteiger partial charge is 0.324 e. The molecule has 0 saturated heterocycles. The number of rotatable bonds is 7. The van der Waals surface area contributed by atoms with Gasteiger partial charge in [-0.1, -0.05) is 25.1 Å². The van der Waals surface area contributed by atoms with E-state index < -0.39 is 16.4 Å². The molecule has 0 unspecified atom stereocenters. The molecule has 0 spiro atoms. The number of pyridine rings is 1. The zero-order chi connectivity index (χ0) is 17.5. The standard InChI is InChI=1S/C16H18N4O4/c1-2-17-9-12-5-3-4-6-14(12)18-15(21)11-19-10-13(20(23)24)7-8-16(19)22/h3-8,10,17H,2,9,11H2,1H3,(H,18,21). The van der Waals surface area contributed by atoms with Crippen LogP contribution in [-0.4, -0.2) is 21.9 Å². The summed E-state index contributed by atoms with van der Waals surface area (Å²) in [5.74, 6) is -0.429. The normalized spacial score (nSPS) is 10.4. The van der Waals surface area contributed by atoms with Gasteiger partial charge in [0.15, 0.2) is 0 Å². The predicted octanol–water partition coefficient (Wildman–Crippen LogP) is 1.50. The minimum absolute atomic E-state index is 0.241. The van der Waals surface area contributed by atoms with Gasteiger partial charge >= 0.3 is 0 Å². The van der Waals surface area contributed by atoms with Gasteiger partial charge in [0, 0.05) is 24.4 Å². The van der Waals surface area contributed by atoms with Gasteiger partial charge in [0.05, 0.1) is 11.1 Å². The Morgan fingerprint density at radius 3 is 2.71 bits per heavy atom. The monoisotopic (exact) mass is 330 g/mol. The number of para-hydroxylation sites is 1. The van der Waals surface area contributed by atoms with Gasteiger partial charge in [0.1, 0.15) is 6.54 Å². The minimum atomic E-state index is -0.612. The number of carbonyl (C=O) groups excluding carboxylic acids is 1. The van der Waals surface area contributed by atoms with Crippen LogP contribution in [0.5, 0.6) is 0 Å². The Labute approximate surface area is 138 Å². The molecule has 1 heterocycles. The summed E-state index contributed by atoms with van der Waals surface area (Å²) < 4.78 is 1.01. The molecule has 0 aliphatic carbocycles. The lowest BCUT2D eigenvalue weighted by atomic mass is 10.1. The maximum absolute atomic E-state index is 12.2. The summed E-state index contributed by atoms with van der Waals surface area (Å²) in [6.07, 6.45) is 1.06. The fourth-order valence-electron chi connectivity index (χ4n) is 2.15. The SMILES string of the molecule is CCNCc1ccccc1NC(=O)Cn1cc([N+](=O)[O-])ccc1=O. The number of aromatic nitrogens is 1. The molecule has 8 heteroatoms. The molecule has 0 radical (unpaired) electrons. The molecule has 24 heavy (non-hydrogen) atoms. The first-order valence-electron chi connectivity index (χ1n) is 7.44. The van der Waals surface area contributed by atoms with E-state index in [1.165, 1.54) is 0 Å². The first kappa shape index (κ1) is 17.4. The first-order valence-corrected chi connectivity index (χ1v) is 7.44. The van der Waals surface area contributed by atoms with Crippen molar-refractivity contribution in [2.75, 3.05) is 11.9 Å². The average molecular weight is 330 g/mol. The summed E-state index contributed by atoms with van der Waals surface area (Å²) in [6, 6.07) is 9.50. The Hall–Kier alpha value is -3.00. The molecular formula is C16H18N4O4. The molecule has 0 aliphatic rings. The molecule has 0 saturated carbocycles. The number of carbonyl (C=O) groups is 1. The zero-order valence-corrected chi connectivity index (χ0v) is 13.2. The van der Waals surface area contributed by atoms with Crippen molar-refractivity contribution in [1.29, 1.82) is 0 Å². The Morgan fingerprint density at radius 2 is 2.00 bits per heavy atom. The van der Waals surface area contributed by atoms with E-state index in [4.69, 9.17) is 0 Å². The van der Waals surface area contributed by atoms with Crippen molar-refractivity contribution in [3.63, 3.8) is 0 Å². The third-order valence-electron chi connectivity index (χ3n) is 3.35. The quantitative estimate of drug-likeness (QED) is 0.591. The van der Waals surface area contributed by atoms with Crippen molar-refractivity contribution in [3.05, 3.63) is 68.6 Å². The van der Waals surface area contributed by atoms with Crippen molar-refractivity contribution in [2.45, 2.75) is 20.0 Å². The maximum Gasteiger partial charge on any atom is 0.285 e. The lowest BCUT2D eigenvalue weighted by Gasteiger charge is -2.12. The number of benzene rings is 1. The van der Waals surface area contributed by atoms with E-state index in [0.717, 1.165) is 35.0 Å². The molecule has 8 nitrogen and oxygen atoms in total. The summed E-state index contributed by atoms with van der Waals surface area (Å²) in [7, 11) is 0. The highest BCUT2D eigenvalue weighted by Crippen LogP contribution is 2.15. The highest BCUT2D eigenvalue weighted by molar-refractivity contribution is 5.91. The zero-order valence-electron chi connectivity index (χ0n) is 13.2. The summed E-state index contributed by atoms with van der Waals surface area (Å²) >= 11 is 0. The second kappa shape index (κ2) is 8.02. The van der Waals surface area contributed by atoms with E-state index in [2.05, 4.69) is 10.6 Å². The van der Waals surface area contributed by atoms with Gasteiger partial charge in [-0.05, 0) is 18.2 Å². The number of hydrogen-bond acceptors (Lipinski definition) is 5. The molecule has 1 amide bonds. The fraction of sp³-hybridized carbons (Fsp3) is 0.250. The van der Waals surface area contributed by atoms with Crippen molar-refractivity contribution in [2.24, 2.45) is 0 Å². The number of nitrogens with zero attached hydrogens (tertiary/aromatic N) is 2. The van der Waals surface area contributed by atoms with Crippen LogP contribution in [-0.2, 0) is 17.9 Å². The molecule has 0 aliphatic heterocycles. The smallest absolute Gasteiger partial charge is 0.285 e. The van der Waals surface area contributed by atoms with Gasteiger partial charge < -0.3 is 10.6 Å². The Morgan fingerprint density at radius 1 is 1.25 bits per heavy atom. The fourth-order valence-corrected chi connectivity index (χ4v) is 2.15. The molecule has 0 atom stereocenters. The molecule has 1 aromatic heterocycles. The van der Waals surface area contributed by atoms with Gasteiger partial charge in [-0.3, -0.25) is 24.3 Å². The number of anilines is 1. The summed E-state index contributed by atoms with van der Waals surface area (Å²) in [5.41, 5.74) is 0.840. The predicted molar refractivity (Wildman–Crippen MR) is 89.8 cm³/mol. The highest BCUT2D eigenvalue weighted by Gasteiger charge is 2.12. The van der Waals surface area contributed by atoms with Gasteiger partial charge in [-0.25, -0.2) is 0 Å². The Kier molecular flexibility index (Phi) is 5.80. The molecular weight excluding hydrogens is 312 g/mol. The van der Waals surface area contributed by atoms with Crippen LogP contribution in [0, 0.1) is 10.1 Å². The Balaban J connectivity index is 2.13. The Bertz CT molecular complexity index is 801. The number of nitrogens with one attached hydrogen (secondary N) is 2. The second-order valence-corrected chi connectivity index (χ2v) is 5.10. The van der Waals surface area contributed by atoms with Crippen LogP contribution in [0.3, 0.4) is 0 Å². The van der Waals surface area contributed by atoms with E-state index in [1.54, 1.807) is 12.1 Å². The van der Waals surface area contributed by atoms with Crippen molar-refractivity contribution in [3.8, 4) is 0 Å². The molecule has 0 fully saturated rings. The second-order valence-electron chi connectivity index (χ2n) is 5.10. The molecule has 2 rings (SSSR count). The van der Waals surface area contributed by atoms with Gasteiger partial charge in [0.25, 0.3) is 11.2 Å². The third kappa shape index (κ3) is 4.50. The van der Waals surface area contributed by atoms with Crippen LogP contribution < -0.4 is 16.2 Å². The molecule has 0 bridgehead atoms. The van der Waals surface area contributed by atoms with E-state index in [0.29, 0.717) is 12.2 Å². The van der Waals surface area contributed by atoms with Crippen LogP contribution in [0.25, 0.3) is 0 Å². The van der Waals surface area contributed by atoms with Crippen LogP contribution in [0.2, 0.25) is 0 Å². The minimum Gasteiger partial charge on any atom is -0.324 e. The summed E-state index contributed by atoms with van der Waals surface area (Å²) in [5, 5.41) is 16.7. The third-order valence-corrected chi connectivity index (χ3v) is 3.35.